The van der Waals surface area contributed by atoms with Crippen LogP contribution in [0.25, 0.3) is 0 Å². The number of hydrogen-bond acceptors (Lipinski definition) is 3. The second kappa shape index (κ2) is 6.07. The van der Waals surface area contributed by atoms with Gasteiger partial charge in [-0.15, -0.1) is 0 Å². The van der Waals surface area contributed by atoms with Crippen LogP contribution in [0.15, 0.2) is 48.5 Å². The highest BCUT2D eigenvalue weighted by atomic mass is 16.3. The van der Waals surface area contributed by atoms with Gasteiger partial charge in [-0.1, -0.05) is 24.3 Å². The van der Waals surface area contributed by atoms with Crippen LogP contribution < -0.4 is 11.1 Å². The fourth-order valence-electron chi connectivity index (χ4n) is 1.85. The molecule has 0 heterocycles. The van der Waals surface area contributed by atoms with Gasteiger partial charge < -0.3 is 16.2 Å². The van der Waals surface area contributed by atoms with Gasteiger partial charge in [0.25, 0.3) is 0 Å². The second-order valence-corrected chi connectivity index (χ2v) is 4.27. The molecular formula is C15H18N2O. The molecule has 3 heteroatoms. The van der Waals surface area contributed by atoms with Gasteiger partial charge in [-0.3, -0.25) is 0 Å². The van der Waals surface area contributed by atoms with Crippen LogP contribution in [-0.2, 0) is 12.8 Å². The van der Waals surface area contributed by atoms with Crippen LogP contribution in [0.3, 0.4) is 0 Å². The summed E-state index contributed by atoms with van der Waals surface area (Å²) in [5.74, 6) is 0. The predicted molar refractivity (Wildman–Crippen MR) is 75.4 cm³/mol. The monoisotopic (exact) mass is 242 g/mol. The molecule has 3 nitrogen and oxygen atoms in total. The van der Waals surface area contributed by atoms with Gasteiger partial charge in [-0.2, -0.15) is 0 Å². The van der Waals surface area contributed by atoms with E-state index >= 15 is 0 Å². The van der Waals surface area contributed by atoms with E-state index in [4.69, 9.17) is 10.8 Å². The fourth-order valence-corrected chi connectivity index (χ4v) is 1.85. The minimum Gasteiger partial charge on any atom is -0.399 e. The number of benzene rings is 2. The molecule has 2 rings (SSSR count). The van der Waals surface area contributed by atoms with E-state index < -0.39 is 0 Å². The highest BCUT2D eigenvalue weighted by molar-refractivity contribution is 5.44. The molecule has 0 saturated heterocycles. The Morgan fingerprint density at radius 1 is 0.833 bits per heavy atom. The van der Waals surface area contributed by atoms with E-state index in [1.54, 1.807) is 0 Å². The minimum atomic E-state index is -0.0369. The summed E-state index contributed by atoms with van der Waals surface area (Å²) in [5.41, 5.74) is 9.97. The fraction of sp³-hybridized carbons (Fsp3) is 0.200. The first-order chi connectivity index (χ1) is 8.78. The van der Waals surface area contributed by atoms with Crippen LogP contribution in [0.5, 0.6) is 0 Å². The molecule has 18 heavy (non-hydrogen) atoms. The molecular weight excluding hydrogens is 224 g/mol. The molecule has 0 unspecified atom stereocenters. The summed E-state index contributed by atoms with van der Waals surface area (Å²) in [6.07, 6.45) is 2.01. The Morgan fingerprint density at radius 2 is 1.33 bits per heavy atom. The van der Waals surface area contributed by atoms with Crippen molar-refractivity contribution in [3.05, 3.63) is 59.7 Å². The van der Waals surface area contributed by atoms with E-state index in [0.29, 0.717) is 0 Å². The number of aliphatic hydroxyl groups is 1. The number of anilines is 2. The summed E-state index contributed by atoms with van der Waals surface area (Å²) < 4.78 is 0. The van der Waals surface area contributed by atoms with E-state index in [0.717, 1.165) is 24.2 Å². The van der Waals surface area contributed by atoms with Gasteiger partial charge in [0, 0.05) is 11.4 Å². The number of nitrogens with one attached hydrogen (secondary N) is 1. The van der Waals surface area contributed by atoms with E-state index in [2.05, 4.69) is 29.6 Å². The van der Waals surface area contributed by atoms with Gasteiger partial charge in [0.05, 0.1) is 0 Å². The summed E-state index contributed by atoms with van der Waals surface area (Å²) in [6, 6.07) is 16.1. The Balaban J connectivity index is 1.91. The molecule has 0 radical (unpaired) electrons. The largest absolute Gasteiger partial charge is 0.399 e. The summed E-state index contributed by atoms with van der Waals surface area (Å²) in [7, 11) is 0. The van der Waals surface area contributed by atoms with Crippen LogP contribution in [0.4, 0.5) is 11.4 Å². The zero-order valence-corrected chi connectivity index (χ0v) is 10.3. The molecule has 0 atom stereocenters. The van der Waals surface area contributed by atoms with Crippen LogP contribution in [0.1, 0.15) is 11.1 Å². The molecule has 4 N–H and O–H groups in total. The van der Waals surface area contributed by atoms with Crippen molar-refractivity contribution in [2.45, 2.75) is 12.8 Å². The molecule has 2 aromatic carbocycles. The predicted octanol–water partition coefficient (Wildman–Crippen LogP) is 2.42. The maximum Gasteiger partial charge on any atom is 0.113 e. The lowest BCUT2D eigenvalue weighted by Crippen LogP contribution is -1.99. The first kappa shape index (κ1) is 12.5. The Morgan fingerprint density at radius 3 is 1.83 bits per heavy atom. The Bertz CT molecular complexity index is 477. The third-order valence-electron chi connectivity index (χ3n) is 2.92. The third-order valence-corrected chi connectivity index (χ3v) is 2.92. The van der Waals surface area contributed by atoms with Crippen molar-refractivity contribution in [2.75, 3.05) is 17.8 Å². The standard InChI is InChI=1S/C15H18N2O/c16-14-7-3-12(4-8-14)1-2-13-5-9-15(10-6-13)17-11-18/h3-10,17-18H,1-2,11,16H2. The van der Waals surface area contributed by atoms with E-state index in [-0.39, 0.29) is 6.73 Å². The summed E-state index contributed by atoms with van der Waals surface area (Å²) in [5, 5.41) is 11.6. The van der Waals surface area contributed by atoms with Crippen LogP contribution >= 0.6 is 0 Å². The Hall–Kier alpha value is -2.00. The normalized spacial score (nSPS) is 10.3. The zero-order valence-electron chi connectivity index (χ0n) is 10.3. The zero-order chi connectivity index (χ0) is 12.8. The molecule has 0 bridgehead atoms. The Kier molecular flexibility index (Phi) is 4.20. The number of aryl methyl sites for hydroxylation is 2. The van der Waals surface area contributed by atoms with Gasteiger partial charge in [0.15, 0.2) is 0 Å². The molecule has 0 aliphatic rings. The quantitative estimate of drug-likeness (QED) is 0.557. The number of nitrogen functional groups attached to an aromatic ring is 1. The molecule has 0 spiro atoms. The van der Waals surface area contributed by atoms with E-state index in [1.165, 1.54) is 11.1 Å². The van der Waals surface area contributed by atoms with Gasteiger partial charge in [-0.05, 0) is 48.2 Å². The third kappa shape index (κ3) is 3.50. The Labute approximate surface area is 107 Å². The highest BCUT2D eigenvalue weighted by Crippen LogP contribution is 2.13. The van der Waals surface area contributed by atoms with Crippen molar-refractivity contribution >= 4 is 11.4 Å². The smallest absolute Gasteiger partial charge is 0.113 e. The van der Waals surface area contributed by atoms with Gasteiger partial charge in [-0.25, -0.2) is 0 Å². The first-order valence-electron chi connectivity index (χ1n) is 6.06. The van der Waals surface area contributed by atoms with Crippen molar-refractivity contribution in [3.8, 4) is 0 Å². The second-order valence-electron chi connectivity index (χ2n) is 4.27. The molecule has 2 aromatic rings. The number of nitrogens with two attached hydrogens (primary N) is 1. The summed E-state index contributed by atoms with van der Waals surface area (Å²) in [4.78, 5) is 0. The van der Waals surface area contributed by atoms with E-state index in [9.17, 15) is 0 Å². The SMILES string of the molecule is Nc1ccc(CCc2ccc(NCO)cc2)cc1. The van der Waals surface area contributed by atoms with Crippen molar-refractivity contribution in [1.29, 1.82) is 0 Å². The molecule has 0 aliphatic heterocycles. The van der Waals surface area contributed by atoms with Gasteiger partial charge in [0.2, 0.25) is 0 Å². The molecule has 0 saturated carbocycles. The lowest BCUT2D eigenvalue weighted by molar-refractivity contribution is 0.325. The molecule has 0 aliphatic carbocycles. The lowest BCUT2D eigenvalue weighted by atomic mass is 10.0. The maximum absolute atomic E-state index is 8.74. The number of rotatable bonds is 5. The van der Waals surface area contributed by atoms with Crippen LogP contribution in [0, 0.1) is 0 Å². The minimum absolute atomic E-state index is 0.0369. The average Bonchev–Trinajstić information content (AvgIpc) is 2.40. The maximum atomic E-state index is 8.74. The van der Waals surface area contributed by atoms with Crippen LogP contribution in [0.2, 0.25) is 0 Å². The topological polar surface area (TPSA) is 58.3 Å². The first-order valence-corrected chi connectivity index (χ1v) is 6.06. The van der Waals surface area contributed by atoms with Gasteiger partial charge >= 0.3 is 0 Å². The van der Waals surface area contributed by atoms with Crippen molar-refractivity contribution in [3.63, 3.8) is 0 Å². The van der Waals surface area contributed by atoms with Crippen molar-refractivity contribution in [1.82, 2.24) is 0 Å². The molecule has 94 valence electrons. The summed E-state index contributed by atoms with van der Waals surface area (Å²) in [6.45, 7) is -0.0369. The molecule has 0 aromatic heterocycles. The van der Waals surface area contributed by atoms with Crippen LogP contribution in [-0.4, -0.2) is 11.8 Å². The van der Waals surface area contributed by atoms with E-state index in [1.807, 2.05) is 24.3 Å². The highest BCUT2D eigenvalue weighted by Gasteiger charge is 1.97. The van der Waals surface area contributed by atoms with Crippen molar-refractivity contribution < 1.29 is 5.11 Å². The molecule has 0 fully saturated rings. The number of aliphatic hydroxyl groups excluding tert-OH is 1. The lowest BCUT2D eigenvalue weighted by Gasteiger charge is -2.05. The van der Waals surface area contributed by atoms with Gasteiger partial charge in [0.1, 0.15) is 6.73 Å². The van der Waals surface area contributed by atoms with Crippen molar-refractivity contribution in [2.24, 2.45) is 0 Å². The number of hydrogen-bond donors (Lipinski definition) is 3. The average molecular weight is 242 g/mol. The summed E-state index contributed by atoms with van der Waals surface area (Å²) >= 11 is 0. The molecule has 0 amide bonds.